The third-order valence-electron chi connectivity index (χ3n) is 1.04. The van der Waals surface area contributed by atoms with Crippen LogP contribution in [0, 0.1) is 0 Å². The standard InChI is InChI=1S/C5H12N2O2S/c1-2-10(9)4-3-5(8)7-6/h2-4,6H2,1H3,(H,7,8). The zero-order valence-corrected chi connectivity index (χ0v) is 6.74. The molecule has 0 heterocycles. The topological polar surface area (TPSA) is 78.2 Å². The van der Waals surface area contributed by atoms with Gasteiger partial charge < -0.3 is 4.55 Å². The van der Waals surface area contributed by atoms with E-state index in [0.717, 1.165) is 0 Å². The summed E-state index contributed by atoms with van der Waals surface area (Å²) in [6, 6.07) is 0. The normalized spacial score (nSPS) is 12.7. The van der Waals surface area contributed by atoms with Crippen molar-refractivity contribution in [3.63, 3.8) is 0 Å². The van der Waals surface area contributed by atoms with E-state index in [-0.39, 0.29) is 12.3 Å². The molecule has 0 rings (SSSR count). The third-order valence-corrected chi connectivity index (χ3v) is 2.34. The molecule has 3 N–H and O–H groups in total. The van der Waals surface area contributed by atoms with Crippen molar-refractivity contribution >= 4 is 17.1 Å². The van der Waals surface area contributed by atoms with Gasteiger partial charge in [0.2, 0.25) is 5.91 Å². The molecule has 1 unspecified atom stereocenters. The molecule has 0 aromatic rings. The predicted octanol–water partition coefficient (Wildman–Crippen LogP) is -0.865. The van der Waals surface area contributed by atoms with Gasteiger partial charge in [-0.15, -0.1) is 0 Å². The first-order chi connectivity index (χ1) is 4.70. The molecule has 0 saturated heterocycles. The van der Waals surface area contributed by atoms with E-state index in [1.807, 2.05) is 12.3 Å². The highest BCUT2D eigenvalue weighted by atomic mass is 32.2. The van der Waals surface area contributed by atoms with Crippen LogP contribution in [0.1, 0.15) is 13.3 Å². The zero-order valence-electron chi connectivity index (χ0n) is 5.92. The van der Waals surface area contributed by atoms with E-state index in [1.165, 1.54) is 0 Å². The fourth-order valence-corrected chi connectivity index (χ4v) is 1.12. The number of nitrogens with two attached hydrogens (primary N) is 1. The van der Waals surface area contributed by atoms with Crippen molar-refractivity contribution in [1.29, 1.82) is 0 Å². The number of hydrazine groups is 1. The molecule has 0 radical (unpaired) electrons. The Kier molecular flexibility index (Phi) is 5.38. The highest BCUT2D eigenvalue weighted by Gasteiger charge is 2.05. The summed E-state index contributed by atoms with van der Waals surface area (Å²) in [5.41, 5.74) is 1.97. The molecule has 0 bridgehead atoms. The second-order valence-corrected chi connectivity index (χ2v) is 3.62. The number of rotatable bonds is 4. The Labute approximate surface area is 63.3 Å². The average Bonchev–Trinajstić information content (AvgIpc) is 1.99. The van der Waals surface area contributed by atoms with Gasteiger partial charge in [-0.3, -0.25) is 10.2 Å². The van der Waals surface area contributed by atoms with E-state index in [0.29, 0.717) is 11.5 Å². The fourth-order valence-electron chi connectivity index (χ4n) is 0.423. The monoisotopic (exact) mass is 164 g/mol. The van der Waals surface area contributed by atoms with Crippen LogP contribution >= 0.6 is 0 Å². The Morgan fingerprint density at radius 1 is 1.80 bits per heavy atom. The summed E-state index contributed by atoms with van der Waals surface area (Å²) in [5, 5.41) is 0. The lowest BCUT2D eigenvalue weighted by Gasteiger charge is -2.06. The average molecular weight is 164 g/mol. The molecule has 5 heteroatoms. The quantitative estimate of drug-likeness (QED) is 0.245. The van der Waals surface area contributed by atoms with Gasteiger partial charge in [0.15, 0.2) is 0 Å². The molecule has 0 spiro atoms. The van der Waals surface area contributed by atoms with E-state index in [4.69, 9.17) is 5.84 Å². The van der Waals surface area contributed by atoms with Crippen LogP contribution in [-0.2, 0) is 16.0 Å². The summed E-state index contributed by atoms with van der Waals surface area (Å²) < 4.78 is 10.7. The van der Waals surface area contributed by atoms with Gasteiger partial charge in [0, 0.05) is 0 Å². The molecule has 0 aliphatic heterocycles. The number of nitrogens with one attached hydrogen (secondary N) is 1. The van der Waals surface area contributed by atoms with Crippen LogP contribution in [-0.4, -0.2) is 22.0 Å². The maximum atomic E-state index is 10.7. The summed E-state index contributed by atoms with van der Waals surface area (Å²) in [5.74, 6) is 5.54. The van der Waals surface area contributed by atoms with Crippen molar-refractivity contribution in [3.8, 4) is 0 Å². The van der Waals surface area contributed by atoms with Crippen LogP contribution in [0.15, 0.2) is 0 Å². The maximum Gasteiger partial charge on any atom is 0.238 e. The summed E-state index contributed by atoms with van der Waals surface area (Å²) in [7, 11) is 0. The molecule has 1 amide bonds. The first-order valence-electron chi connectivity index (χ1n) is 3.05. The molecular weight excluding hydrogens is 152 g/mol. The van der Waals surface area contributed by atoms with Crippen molar-refractivity contribution < 1.29 is 9.35 Å². The summed E-state index contributed by atoms with van der Waals surface area (Å²) in [4.78, 5) is 10.5. The minimum absolute atomic E-state index is 0.247. The number of hydrogen-bond acceptors (Lipinski definition) is 3. The number of carbonyl (C=O) groups is 1. The molecular formula is C5H12N2O2S. The third kappa shape index (κ3) is 4.60. The van der Waals surface area contributed by atoms with E-state index in [9.17, 15) is 9.35 Å². The highest BCUT2D eigenvalue weighted by Crippen LogP contribution is 1.92. The van der Waals surface area contributed by atoms with Crippen molar-refractivity contribution in [1.82, 2.24) is 5.43 Å². The Morgan fingerprint density at radius 3 is 2.80 bits per heavy atom. The fraction of sp³-hybridized carbons (Fsp3) is 0.800. The van der Waals surface area contributed by atoms with Gasteiger partial charge in [-0.25, -0.2) is 5.84 Å². The van der Waals surface area contributed by atoms with Crippen LogP contribution in [0.5, 0.6) is 0 Å². The SMILES string of the molecule is CC[S+]([O-])CCC(=O)NN. The molecule has 4 nitrogen and oxygen atoms in total. The number of carbonyl (C=O) groups excluding carboxylic acids is 1. The van der Waals surface area contributed by atoms with E-state index >= 15 is 0 Å². The summed E-state index contributed by atoms with van der Waals surface area (Å²) in [6.07, 6.45) is 0.247. The van der Waals surface area contributed by atoms with Crippen molar-refractivity contribution in [2.75, 3.05) is 11.5 Å². The van der Waals surface area contributed by atoms with Crippen molar-refractivity contribution in [3.05, 3.63) is 0 Å². The minimum atomic E-state index is -0.866. The lowest BCUT2D eigenvalue weighted by molar-refractivity contribution is -0.120. The first-order valence-corrected chi connectivity index (χ1v) is 4.54. The second-order valence-electron chi connectivity index (χ2n) is 1.75. The molecule has 60 valence electrons. The molecule has 0 aromatic heterocycles. The Hall–Kier alpha value is -0.260. The van der Waals surface area contributed by atoms with E-state index < -0.39 is 11.2 Å². The van der Waals surface area contributed by atoms with Crippen LogP contribution < -0.4 is 11.3 Å². The minimum Gasteiger partial charge on any atom is -0.616 e. The van der Waals surface area contributed by atoms with E-state index in [2.05, 4.69) is 0 Å². The molecule has 0 aliphatic carbocycles. The second kappa shape index (κ2) is 5.52. The van der Waals surface area contributed by atoms with Crippen molar-refractivity contribution in [2.24, 2.45) is 5.84 Å². The number of amides is 1. The molecule has 0 saturated carbocycles. The van der Waals surface area contributed by atoms with Crippen LogP contribution in [0.2, 0.25) is 0 Å². The lowest BCUT2D eigenvalue weighted by atomic mass is 10.5. The zero-order chi connectivity index (χ0) is 7.98. The smallest absolute Gasteiger partial charge is 0.238 e. The summed E-state index contributed by atoms with van der Waals surface area (Å²) >= 11 is -0.866. The van der Waals surface area contributed by atoms with Gasteiger partial charge in [0.25, 0.3) is 0 Å². The Morgan fingerprint density at radius 2 is 2.40 bits per heavy atom. The van der Waals surface area contributed by atoms with Gasteiger partial charge in [-0.05, 0) is 6.92 Å². The first kappa shape index (κ1) is 9.74. The highest BCUT2D eigenvalue weighted by molar-refractivity contribution is 7.91. The van der Waals surface area contributed by atoms with Gasteiger partial charge in [0.1, 0.15) is 11.5 Å². The van der Waals surface area contributed by atoms with Crippen LogP contribution in [0.4, 0.5) is 0 Å². The molecule has 0 aliphatic rings. The number of hydrogen-bond donors (Lipinski definition) is 2. The van der Waals surface area contributed by atoms with Crippen LogP contribution in [0.25, 0.3) is 0 Å². The van der Waals surface area contributed by atoms with Gasteiger partial charge in [-0.1, -0.05) is 11.2 Å². The predicted molar refractivity (Wildman–Crippen MR) is 40.5 cm³/mol. The lowest BCUT2D eigenvalue weighted by Crippen LogP contribution is -2.31. The Balaban J connectivity index is 3.26. The molecule has 1 atom stereocenters. The van der Waals surface area contributed by atoms with Crippen LogP contribution in [0.3, 0.4) is 0 Å². The summed E-state index contributed by atoms with van der Waals surface area (Å²) in [6.45, 7) is 1.82. The largest absolute Gasteiger partial charge is 0.616 e. The molecule has 10 heavy (non-hydrogen) atoms. The van der Waals surface area contributed by atoms with E-state index in [1.54, 1.807) is 0 Å². The molecule has 0 aromatic carbocycles. The Bertz CT molecular complexity index is 110. The van der Waals surface area contributed by atoms with Crippen molar-refractivity contribution in [2.45, 2.75) is 13.3 Å². The molecule has 0 fully saturated rings. The van der Waals surface area contributed by atoms with Gasteiger partial charge in [-0.2, -0.15) is 0 Å². The maximum absolute atomic E-state index is 10.7. The van der Waals surface area contributed by atoms with Gasteiger partial charge >= 0.3 is 0 Å². The van der Waals surface area contributed by atoms with Gasteiger partial charge in [0.05, 0.1) is 6.42 Å².